The van der Waals surface area contributed by atoms with Gasteiger partial charge in [0.15, 0.2) is 11.5 Å². The molecule has 6 heteroatoms. The van der Waals surface area contributed by atoms with Crippen molar-refractivity contribution in [2.24, 2.45) is 12.1 Å². The van der Waals surface area contributed by atoms with Crippen LogP contribution < -0.4 is 14.9 Å². The summed E-state index contributed by atoms with van der Waals surface area (Å²) in [4.78, 5) is 12.2. The van der Waals surface area contributed by atoms with Crippen molar-refractivity contribution in [3.8, 4) is 11.5 Å². The van der Waals surface area contributed by atoms with Crippen molar-refractivity contribution in [1.29, 1.82) is 0 Å². The third-order valence-corrected chi connectivity index (χ3v) is 4.64. The van der Waals surface area contributed by atoms with E-state index in [1.165, 1.54) is 0 Å². The number of rotatable bonds is 6. The maximum atomic E-state index is 12.2. The molecule has 0 spiro atoms. The van der Waals surface area contributed by atoms with E-state index in [0.717, 1.165) is 27.7 Å². The van der Waals surface area contributed by atoms with E-state index in [1.807, 2.05) is 32.2 Å². The van der Waals surface area contributed by atoms with E-state index < -0.39 is 0 Å². The lowest BCUT2D eigenvalue weighted by Gasteiger charge is -2.09. The van der Waals surface area contributed by atoms with Gasteiger partial charge in [0, 0.05) is 29.2 Å². The third kappa shape index (κ3) is 3.79. The Bertz CT molecular complexity index is 1010. The molecule has 0 aliphatic rings. The molecule has 140 valence electrons. The number of aromatic nitrogens is 1. The number of amides is 1. The Morgan fingerprint density at radius 1 is 1.15 bits per heavy atom. The Kier molecular flexibility index (Phi) is 5.45. The second-order valence-electron chi connectivity index (χ2n) is 6.23. The number of fused-ring (bicyclic) bond motifs is 1. The predicted octanol–water partition coefficient (Wildman–Crippen LogP) is 3.20. The second-order valence-corrected chi connectivity index (χ2v) is 6.23. The summed E-state index contributed by atoms with van der Waals surface area (Å²) in [6.45, 7) is 2.03. The fourth-order valence-electron chi connectivity index (χ4n) is 3.10. The second kappa shape index (κ2) is 7.95. The molecule has 1 N–H and O–H groups in total. The van der Waals surface area contributed by atoms with Gasteiger partial charge in [-0.2, -0.15) is 5.10 Å². The number of nitrogens with zero attached hydrogens (tertiary/aromatic N) is 2. The summed E-state index contributed by atoms with van der Waals surface area (Å²) < 4.78 is 12.6. The van der Waals surface area contributed by atoms with Crippen LogP contribution in [0.5, 0.6) is 11.5 Å². The maximum absolute atomic E-state index is 12.2. The quantitative estimate of drug-likeness (QED) is 0.539. The van der Waals surface area contributed by atoms with Crippen molar-refractivity contribution in [2.45, 2.75) is 13.3 Å². The first-order chi connectivity index (χ1) is 13.0. The van der Waals surface area contributed by atoms with Crippen LogP contribution in [0.3, 0.4) is 0 Å². The Morgan fingerprint density at radius 3 is 2.63 bits per heavy atom. The minimum Gasteiger partial charge on any atom is -0.493 e. The molecule has 0 unspecified atom stereocenters. The summed E-state index contributed by atoms with van der Waals surface area (Å²) in [5.41, 5.74) is 6.64. The fraction of sp³-hybridized carbons (Fsp3) is 0.238. The van der Waals surface area contributed by atoms with Gasteiger partial charge in [-0.05, 0) is 30.7 Å². The molecule has 1 amide bonds. The molecule has 0 bridgehead atoms. The maximum Gasteiger partial charge on any atom is 0.244 e. The van der Waals surface area contributed by atoms with Gasteiger partial charge in [0.2, 0.25) is 5.91 Å². The minimum atomic E-state index is -0.198. The molecular formula is C21H23N3O3. The number of nitrogens with one attached hydrogen (secondary N) is 1. The van der Waals surface area contributed by atoms with Crippen molar-refractivity contribution in [2.75, 3.05) is 14.2 Å². The zero-order valence-corrected chi connectivity index (χ0v) is 15.9. The monoisotopic (exact) mass is 365 g/mol. The van der Waals surface area contributed by atoms with Crippen LogP contribution in [0.15, 0.2) is 47.6 Å². The van der Waals surface area contributed by atoms with Crippen LogP contribution in [0.25, 0.3) is 10.9 Å². The molecule has 0 radical (unpaired) electrons. The molecule has 0 aliphatic carbocycles. The first kappa shape index (κ1) is 18.5. The number of hydrogen-bond acceptors (Lipinski definition) is 4. The van der Waals surface area contributed by atoms with Crippen LogP contribution in [0, 0.1) is 6.92 Å². The van der Waals surface area contributed by atoms with Gasteiger partial charge >= 0.3 is 0 Å². The largest absolute Gasteiger partial charge is 0.493 e. The number of benzene rings is 2. The molecular weight excluding hydrogens is 342 g/mol. The van der Waals surface area contributed by atoms with Crippen LogP contribution in [0.1, 0.15) is 16.8 Å². The van der Waals surface area contributed by atoms with Crippen molar-refractivity contribution in [3.05, 3.63) is 59.3 Å². The van der Waals surface area contributed by atoms with Gasteiger partial charge in [-0.1, -0.05) is 24.3 Å². The van der Waals surface area contributed by atoms with Gasteiger partial charge in [-0.15, -0.1) is 0 Å². The van der Waals surface area contributed by atoms with Gasteiger partial charge in [-0.25, -0.2) is 5.43 Å². The Labute approximate surface area is 158 Å². The third-order valence-electron chi connectivity index (χ3n) is 4.64. The van der Waals surface area contributed by atoms with Crippen molar-refractivity contribution in [3.63, 3.8) is 0 Å². The van der Waals surface area contributed by atoms with Crippen molar-refractivity contribution >= 4 is 23.0 Å². The highest BCUT2D eigenvalue weighted by Gasteiger charge is 2.10. The first-order valence-electron chi connectivity index (χ1n) is 8.62. The van der Waals surface area contributed by atoms with Crippen LogP contribution in [-0.4, -0.2) is 30.9 Å². The zero-order chi connectivity index (χ0) is 19.4. The van der Waals surface area contributed by atoms with Crippen molar-refractivity contribution in [1.82, 2.24) is 9.99 Å². The molecule has 0 aliphatic heterocycles. The van der Waals surface area contributed by atoms with Gasteiger partial charge in [0.05, 0.1) is 26.9 Å². The Hall–Kier alpha value is -3.28. The lowest BCUT2D eigenvalue weighted by Crippen LogP contribution is -2.19. The van der Waals surface area contributed by atoms with E-state index >= 15 is 0 Å². The van der Waals surface area contributed by atoms with E-state index in [9.17, 15) is 4.79 Å². The molecule has 1 heterocycles. The number of carbonyl (C=O) groups excluding carboxylic acids is 1. The molecule has 3 aromatic rings. The number of aryl methyl sites for hydroxylation is 1. The van der Waals surface area contributed by atoms with Crippen molar-refractivity contribution < 1.29 is 14.3 Å². The smallest absolute Gasteiger partial charge is 0.244 e. The van der Waals surface area contributed by atoms with Gasteiger partial charge in [-0.3, -0.25) is 4.79 Å². The highest BCUT2D eigenvalue weighted by molar-refractivity contribution is 6.01. The molecule has 0 saturated heterocycles. The molecule has 0 saturated carbocycles. The fourth-order valence-corrected chi connectivity index (χ4v) is 3.10. The summed E-state index contributed by atoms with van der Waals surface area (Å²) in [6.07, 6.45) is 1.90. The molecule has 0 fully saturated rings. The number of ether oxygens (including phenoxy) is 2. The zero-order valence-electron chi connectivity index (χ0n) is 15.9. The summed E-state index contributed by atoms with van der Waals surface area (Å²) in [5.74, 6) is 1.03. The first-order valence-corrected chi connectivity index (χ1v) is 8.62. The summed E-state index contributed by atoms with van der Waals surface area (Å²) >= 11 is 0. The minimum absolute atomic E-state index is 0.198. The molecule has 27 heavy (non-hydrogen) atoms. The highest BCUT2D eigenvalue weighted by Crippen LogP contribution is 2.27. The van der Waals surface area contributed by atoms with E-state index in [-0.39, 0.29) is 12.3 Å². The average molecular weight is 365 g/mol. The van der Waals surface area contributed by atoms with Crippen LogP contribution >= 0.6 is 0 Å². The summed E-state index contributed by atoms with van der Waals surface area (Å²) in [7, 11) is 5.16. The normalized spacial score (nSPS) is 11.1. The lowest BCUT2D eigenvalue weighted by molar-refractivity contribution is -0.120. The summed E-state index contributed by atoms with van der Waals surface area (Å²) in [6, 6.07) is 13.5. The average Bonchev–Trinajstić information content (AvgIpc) is 2.93. The van der Waals surface area contributed by atoms with Crippen LogP contribution in [-0.2, 0) is 18.3 Å². The number of hydrogen-bond donors (Lipinski definition) is 1. The number of carbonyl (C=O) groups is 1. The molecule has 1 aromatic heterocycles. The van der Waals surface area contributed by atoms with Gasteiger partial charge < -0.3 is 14.0 Å². The number of hydrazone groups is 1. The molecule has 3 rings (SSSR count). The van der Waals surface area contributed by atoms with Gasteiger partial charge in [0.25, 0.3) is 0 Å². The lowest BCUT2D eigenvalue weighted by atomic mass is 10.1. The predicted molar refractivity (Wildman–Crippen MR) is 107 cm³/mol. The standard InChI is InChI=1S/C21H23N3O3/c1-14-17(16-7-5-6-8-18(16)24(14)2)13-22-23-21(25)12-15-9-10-19(26-3)20(11-15)27-4/h5-11,13H,12H2,1-4H3,(H,23,25). The SMILES string of the molecule is COc1ccc(CC(=O)NN=Cc2c(C)n(C)c3ccccc23)cc1OC. The van der Waals surface area contributed by atoms with E-state index in [4.69, 9.17) is 9.47 Å². The van der Waals surface area contributed by atoms with E-state index in [1.54, 1.807) is 32.6 Å². The molecule has 6 nitrogen and oxygen atoms in total. The molecule has 0 atom stereocenters. The van der Waals surface area contributed by atoms with Crippen LogP contribution in [0.2, 0.25) is 0 Å². The highest BCUT2D eigenvalue weighted by atomic mass is 16.5. The Morgan fingerprint density at radius 2 is 1.89 bits per heavy atom. The summed E-state index contributed by atoms with van der Waals surface area (Å²) in [5, 5.41) is 5.25. The molecule has 2 aromatic carbocycles. The van der Waals surface area contributed by atoms with E-state index in [2.05, 4.69) is 27.2 Å². The number of methoxy groups -OCH3 is 2. The van der Waals surface area contributed by atoms with E-state index in [0.29, 0.717) is 11.5 Å². The topological polar surface area (TPSA) is 64.8 Å². The number of para-hydroxylation sites is 1. The Balaban J connectivity index is 1.70. The van der Waals surface area contributed by atoms with Gasteiger partial charge in [0.1, 0.15) is 0 Å². The van der Waals surface area contributed by atoms with Crippen LogP contribution in [0.4, 0.5) is 0 Å².